The first-order valence-electron chi connectivity index (χ1n) is 4.98. The van der Waals surface area contributed by atoms with Crippen molar-refractivity contribution < 1.29 is 27.4 Å². The molecule has 9 heteroatoms. The van der Waals surface area contributed by atoms with Gasteiger partial charge < -0.3 is 9.84 Å². The van der Waals surface area contributed by atoms with Crippen molar-refractivity contribution in [1.29, 1.82) is 0 Å². The number of nitrogens with one attached hydrogen (secondary N) is 1. The number of benzene rings is 1. The Kier molecular flexibility index (Phi) is 5.24. The van der Waals surface area contributed by atoms with Crippen molar-refractivity contribution in [3.63, 3.8) is 0 Å². The number of carbonyl (C=O) groups is 1. The third-order valence-corrected chi connectivity index (χ3v) is 4.10. The van der Waals surface area contributed by atoms with Gasteiger partial charge >= 0.3 is 5.97 Å². The molecule has 0 heterocycles. The van der Waals surface area contributed by atoms with E-state index in [1.807, 2.05) is 4.72 Å². The first kappa shape index (κ1) is 15.8. The molecular formula is C10H11ClFNO5S. The molecule has 0 amide bonds. The molecule has 106 valence electrons. The summed E-state index contributed by atoms with van der Waals surface area (Å²) in [7, 11) is -3.23. The van der Waals surface area contributed by atoms with Gasteiger partial charge in [-0.25, -0.2) is 12.8 Å². The molecule has 1 aromatic carbocycles. The Balaban J connectivity index is 3.10. The Hall–Kier alpha value is -1.22. The van der Waals surface area contributed by atoms with E-state index in [0.717, 1.165) is 19.2 Å². The Bertz CT molecular complexity index is 577. The lowest BCUT2D eigenvalue weighted by Gasteiger charge is -2.14. The molecule has 1 atom stereocenters. The average Bonchev–Trinajstić information content (AvgIpc) is 2.37. The number of rotatable bonds is 5. The van der Waals surface area contributed by atoms with Crippen molar-refractivity contribution in [2.75, 3.05) is 13.7 Å². The van der Waals surface area contributed by atoms with Crippen LogP contribution in [0, 0.1) is 5.82 Å². The van der Waals surface area contributed by atoms with Crippen molar-refractivity contribution in [3.8, 4) is 0 Å². The summed E-state index contributed by atoms with van der Waals surface area (Å²) in [4.78, 5) is 10.7. The van der Waals surface area contributed by atoms with Gasteiger partial charge in [0, 0.05) is 0 Å². The normalized spacial score (nSPS) is 13.1. The second kappa shape index (κ2) is 6.29. The number of aliphatic hydroxyl groups excluding tert-OH is 1. The monoisotopic (exact) mass is 311 g/mol. The molecule has 0 saturated carbocycles. The van der Waals surface area contributed by atoms with Crippen LogP contribution in [0.15, 0.2) is 23.1 Å². The lowest BCUT2D eigenvalue weighted by atomic mass is 10.3. The van der Waals surface area contributed by atoms with E-state index < -0.39 is 39.4 Å². The minimum absolute atomic E-state index is 0.213. The van der Waals surface area contributed by atoms with E-state index in [4.69, 9.17) is 16.7 Å². The molecule has 1 rings (SSSR count). The van der Waals surface area contributed by atoms with Crippen LogP contribution in [0.25, 0.3) is 0 Å². The van der Waals surface area contributed by atoms with E-state index in [2.05, 4.69) is 4.74 Å². The number of sulfonamides is 1. The fraction of sp³-hybridized carbons (Fsp3) is 0.300. The largest absolute Gasteiger partial charge is 0.468 e. The van der Waals surface area contributed by atoms with Gasteiger partial charge in [0.1, 0.15) is 16.8 Å². The van der Waals surface area contributed by atoms with Gasteiger partial charge in [0.25, 0.3) is 0 Å². The molecule has 0 spiro atoms. The molecule has 0 aliphatic carbocycles. The van der Waals surface area contributed by atoms with Crippen molar-refractivity contribution in [1.82, 2.24) is 4.72 Å². The zero-order chi connectivity index (χ0) is 14.6. The summed E-state index contributed by atoms with van der Waals surface area (Å²) in [6.07, 6.45) is 0. The van der Waals surface area contributed by atoms with E-state index in [1.165, 1.54) is 0 Å². The van der Waals surface area contributed by atoms with Crippen LogP contribution in [0.1, 0.15) is 0 Å². The lowest BCUT2D eigenvalue weighted by molar-refractivity contribution is -0.143. The van der Waals surface area contributed by atoms with Crippen molar-refractivity contribution in [3.05, 3.63) is 29.0 Å². The van der Waals surface area contributed by atoms with Crippen LogP contribution in [0.3, 0.4) is 0 Å². The molecule has 6 nitrogen and oxygen atoms in total. The van der Waals surface area contributed by atoms with Crippen LogP contribution in [0.4, 0.5) is 4.39 Å². The minimum atomic E-state index is -4.26. The Morgan fingerprint density at radius 2 is 2.21 bits per heavy atom. The van der Waals surface area contributed by atoms with Gasteiger partial charge in [-0.1, -0.05) is 11.6 Å². The zero-order valence-electron chi connectivity index (χ0n) is 9.76. The molecule has 0 fully saturated rings. The fourth-order valence-corrected chi connectivity index (χ4v) is 2.92. The summed E-state index contributed by atoms with van der Waals surface area (Å²) in [5.74, 6) is -1.78. The maximum atomic E-state index is 13.0. The maximum Gasteiger partial charge on any atom is 0.326 e. The highest BCUT2D eigenvalue weighted by Crippen LogP contribution is 2.22. The van der Waals surface area contributed by atoms with E-state index >= 15 is 0 Å². The average molecular weight is 312 g/mol. The molecule has 0 bridgehead atoms. The predicted molar refractivity (Wildman–Crippen MR) is 64.6 cm³/mol. The van der Waals surface area contributed by atoms with Crippen molar-refractivity contribution >= 4 is 27.6 Å². The summed E-state index contributed by atoms with van der Waals surface area (Å²) >= 11 is 5.66. The third-order valence-electron chi connectivity index (χ3n) is 2.15. The SMILES string of the molecule is COC(=O)C(CO)NS(=O)(=O)c1cc(F)ccc1Cl. The first-order chi connectivity index (χ1) is 8.81. The molecule has 2 N–H and O–H groups in total. The molecule has 0 radical (unpaired) electrons. The zero-order valence-corrected chi connectivity index (χ0v) is 11.3. The second-order valence-corrected chi connectivity index (χ2v) is 5.54. The van der Waals surface area contributed by atoms with Gasteiger partial charge in [-0.05, 0) is 18.2 Å². The van der Waals surface area contributed by atoms with Crippen LogP contribution in [0.2, 0.25) is 5.02 Å². The fourth-order valence-electron chi connectivity index (χ4n) is 1.24. The second-order valence-electron chi connectivity index (χ2n) is 3.45. The predicted octanol–water partition coefficient (Wildman–Crippen LogP) is 0.291. The minimum Gasteiger partial charge on any atom is -0.468 e. The molecule has 1 unspecified atom stereocenters. The molecule has 0 aliphatic heterocycles. The number of hydrogen-bond donors (Lipinski definition) is 2. The highest BCUT2D eigenvalue weighted by molar-refractivity contribution is 7.89. The van der Waals surface area contributed by atoms with Crippen molar-refractivity contribution in [2.45, 2.75) is 10.9 Å². The van der Waals surface area contributed by atoms with Crippen LogP contribution in [0.5, 0.6) is 0 Å². The number of aliphatic hydroxyl groups is 1. The topological polar surface area (TPSA) is 92.7 Å². The number of carbonyl (C=O) groups excluding carboxylic acids is 1. The molecule has 0 aromatic heterocycles. The van der Waals surface area contributed by atoms with E-state index in [0.29, 0.717) is 6.07 Å². The van der Waals surface area contributed by atoms with Gasteiger partial charge in [0.2, 0.25) is 10.0 Å². The molecule has 19 heavy (non-hydrogen) atoms. The highest BCUT2D eigenvalue weighted by atomic mass is 35.5. The standard InChI is InChI=1S/C10H11ClFNO5S/c1-18-10(15)8(5-14)13-19(16,17)9-4-6(12)2-3-7(9)11/h2-4,8,13-14H,5H2,1H3. The Morgan fingerprint density at radius 1 is 1.58 bits per heavy atom. The van der Waals surface area contributed by atoms with Crippen LogP contribution in [-0.4, -0.2) is 39.3 Å². The third kappa shape index (κ3) is 3.87. The summed E-state index contributed by atoms with van der Waals surface area (Å²) in [6, 6.07) is 1.27. The number of ether oxygens (including phenoxy) is 1. The van der Waals surface area contributed by atoms with E-state index in [9.17, 15) is 17.6 Å². The van der Waals surface area contributed by atoms with Crippen molar-refractivity contribution in [2.24, 2.45) is 0 Å². The first-order valence-corrected chi connectivity index (χ1v) is 6.84. The Morgan fingerprint density at radius 3 is 2.74 bits per heavy atom. The number of hydrogen-bond acceptors (Lipinski definition) is 5. The van der Waals surface area contributed by atoms with Gasteiger partial charge in [-0.2, -0.15) is 4.72 Å². The number of methoxy groups -OCH3 is 1. The smallest absolute Gasteiger partial charge is 0.326 e. The lowest BCUT2D eigenvalue weighted by Crippen LogP contribution is -2.44. The highest BCUT2D eigenvalue weighted by Gasteiger charge is 2.27. The van der Waals surface area contributed by atoms with Gasteiger partial charge in [0.05, 0.1) is 18.7 Å². The van der Waals surface area contributed by atoms with Crippen LogP contribution in [-0.2, 0) is 19.6 Å². The van der Waals surface area contributed by atoms with E-state index in [1.54, 1.807) is 0 Å². The molecule has 0 aliphatic rings. The summed E-state index contributed by atoms with van der Waals surface area (Å²) in [5, 5.41) is 8.71. The summed E-state index contributed by atoms with van der Waals surface area (Å²) < 4.78 is 43.0. The van der Waals surface area contributed by atoms with Crippen LogP contribution < -0.4 is 4.72 Å². The quantitative estimate of drug-likeness (QED) is 0.763. The maximum absolute atomic E-state index is 13.0. The summed E-state index contributed by atoms with van der Waals surface area (Å²) in [6.45, 7) is -0.807. The molecule has 0 saturated heterocycles. The number of esters is 1. The summed E-state index contributed by atoms with van der Waals surface area (Å²) in [5.41, 5.74) is 0. The van der Waals surface area contributed by atoms with Gasteiger partial charge in [0.15, 0.2) is 0 Å². The molecular weight excluding hydrogens is 301 g/mol. The Labute approximate surface area is 114 Å². The van der Waals surface area contributed by atoms with Gasteiger partial charge in [-0.3, -0.25) is 4.79 Å². The van der Waals surface area contributed by atoms with Crippen LogP contribution >= 0.6 is 11.6 Å². The van der Waals surface area contributed by atoms with Gasteiger partial charge in [-0.15, -0.1) is 0 Å². The molecule has 1 aromatic rings. The number of halogens is 2. The van der Waals surface area contributed by atoms with E-state index in [-0.39, 0.29) is 5.02 Å².